The first-order valence-corrected chi connectivity index (χ1v) is 6.04. The highest BCUT2D eigenvalue weighted by Crippen LogP contribution is 2.17. The van der Waals surface area contributed by atoms with Crippen LogP contribution in [0.4, 0.5) is 13.2 Å². The summed E-state index contributed by atoms with van der Waals surface area (Å²) in [6, 6.07) is 0.320. The number of alkyl halides is 3. The van der Waals surface area contributed by atoms with Crippen LogP contribution in [0, 0.1) is 5.92 Å². The summed E-state index contributed by atoms with van der Waals surface area (Å²) in [5.74, 6) is 0.547. The van der Waals surface area contributed by atoms with Crippen molar-refractivity contribution >= 4 is 0 Å². The normalized spacial score (nSPS) is 23.3. The zero-order valence-corrected chi connectivity index (χ0v) is 10.4. The molecule has 1 aliphatic rings. The lowest BCUT2D eigenvalue weighted by atomic mass is 10.0. The van der Waals surface area contributed by atoms with E-state index in [4.69, 9.17) is 0 Å². The third-order valence-electron chi connectivity index (χ3n) is 2.86. The SMILES string of the molecule is CC(C)CC1CNCCN1CCOC(F)(F)F. The van der Waals surface area contributed by atoms with Crippen LogP contribution in [0.1, 0.15) is 20.3 Å². The number of hydrogen-bond donors (Lipinski definition) is 1. The van der Waals surface area contributed by atoms with E-state index in [-0.39, 0.29) is 6.61 Å². The van der Waals surface area contributed by atoms with Crippen LogP contribution in [-0.4, -0.2) is 50.1 Å². The third kappa shape index (κ3) is 6.24. The van der Waals surface area contributed by atoms with Gasteiger partial charge in [0.25, 0.3) is 0 Å². The van der Waals surface area contributed by atoms with Crippen LogP contribution in [-0.2, 0) is 4.74 Å². The first kappa shape index (κ1) is 14.7. The van der Waals surface area contributed by atoms with E-state index < -0.39 is 6.36 Å². The monoisotopic (exact) mass is 254 g/mol. The van der Waals surface area contributed by atoms with E-state index in [2.05, 4.69) is 28.8 Å². The number of nitrogens with zero attached hydrogens (tertiary/aromatic N) is 1. The van der Waals surface area contributed by atoms with E-state index in [1.807, 2.05) is 0 Å². The lowest BCUT2D eigenvalue weighted by Crippen LogP contribution is -2.52. The van der Waals surface area contributed by atoms with Crippen LogP contribution < -0.4 is 5.32 Å². The summed E-state index contributed by atoms with van der Waals surface area (Å²) in [7, 11) is 0. The minimum absolute atomic E-state index is 0.280. The molecular formula is C11H21F3N2O. The Labute approximate surface area is 100 Å². The molecule has 0 bridgehead atoms. The van der Waals surface area contributed by atoms with Gasteiger partial charge in [-0.25, -0.2) is 0 Å². The molecule has 0 aromatic rings. The second-order valence-electron chi connectivity index (χ2n) is 4.82. The third-order valence-corrected chi connectivity index (χ3v) is 2.86. The number of nitrogens with one attached hydrogen (secondary N) is 1. The first-order valence-electron chi connectivity index (χ1n) is 6.04. The Bertz CT molecular complexity index is 221. The molecule has 17 heavy (non-hydrogen) atoms. The number of rotatable bonds is 5. The molecule has 3 nitrogen and oxygen atoms in total. The second kappa shape index (κ2) is 6.56. The molecule has 1 heterocycles. The highest BCUT2D eigenvalue weighted by atomic mass is 19.4. The van der Waals surface area contributed by atoms with Gasteiger partial charge in [-0.1, -0.05) is 13.8 Å². The van der Waals surface area contributed by atoms with Crippen molar-refractivity contribution in [2.75, 3.05) is 32.8 Å². The van der Waals surface area contributed by atoms with Gasteiger partial charge in [-0.15, -0.1) is 13.2 Å². The van der Waals surface area contributed by atoms with Gasteiger partial charge in [0.05, 0.1) is 6.61 Å². The molecule has 6 heteroatoms. The van der Waals surface area contributed by atoms with E-state index in [0.717, 1.165) is 26.1 Å². The maximum Gasteiger partial charge on any atom is 0.522 e. The lowest BCUT2D eigenvalue weighted by molar-refractivity contribution is -0.325. The fraction of sp³-hybridized carbons (Fsp3) is 1.00. The predicted octanol–water partition coefficient (Wildman–Crippen LogP) is 1.84. The molecule has 0 amide bonds. The van der Waals surface area contributed by atoms with Crippen molar-refractivity contribution in [3.63, 3.8) is 0 Å². The summed E-state index contributed by atoms with van der Waals surface area (Å²) in [6.07, 6.45) is -3.51. The summed E-state index contributed by atoms with van der Waals surface area (Å²) in [5.41, 5.74) is 0. The molecule has 102 valence electrons. The maximum atomic E-state index is 11.9. The molecule has 0 aromatic carbocycles. The maximum absolute atomic E-state index is 11.9. The zero-order chi connectivity index (χ0) is 12.9. The molecule has 1 aliphatic heterocycles. The Morgan fingerprint density at radius 1 is 1.41 bits per heavy atom. The summed E-state index contributed by atoms with van der Waals surface area (Å²) >= 11 is 0. The largest absolute Gasteiger partial charge is 0.522 e. The Morgan fingerprint density at radius 3 is 2.71 bits per heavy atom. The highest BCUT2D eigenvalue weighted by Gasteiger charge is 2.30. The Balaban J connectivity index is 2.32. The predicted molar refractivity (Wildman–Crippen MR) is 59.7 cm³/mol. The second-order valence-corrected chi connectivity index (χ2v) is 4.82. The quantitative estimate of drug-likeness (QED) is 0.810. The van der Waals surface area contributed by atoms with E-state index in [9.17, 15) is 13.2 Å². The molecule has 1 rings (SSSR count). The van der Waals surface area contributed by atoms with Crippen molar-refractivity contribution in [2.45, 2.75) is 32.7 Å². The average molecular weight is 254 g/mol. The Hall–Kier alpha value is -0.330. The van der Waals surface area contributed by atoms with Gasteiger partial charge in [-0.2, -0.15) is 0 Å². The number of hydrogen-bond acceptors (Lipinski definition) is 3. The molecule has 0 aliphatic carbocycles. The van der Waals surface area contributed by atoms with Crippen molar-refractivity contribution in [1.29, 1.82) is 0 Å². The number of piperazine rings is 1. The molecule has 1 atom stereocenters. The van der Waals surface area contributed by atoms with Gasteiger partial charge in [0.1, 0.15) is 0 Å². The van der Waals surface area contributed by atoms with Crippen LogP contribution in [0.3, 0.4) is 0 Å². The average Bonchev–Trinajstić information content (AvgIpc) is 2.18. The summed E-state index contributed by atoms with van der Waals surface area (Å²) in [5, 5.41) is 3.27. The summed E-state index contributed by atoms with van der Waals surface area (Å²) in [6.45, 7) is 6.79. The van der Waals surface area contributed by atoms with E-state index in [1.165, 1.54) is 0 Å². The minimum Gasteiger partial charge on any atom is -0.314 e. The number of ether oxygens (including phenoxy) is 1. The lowest BCUT2D eigenvalue weighted by Gasteiger charge is -2.37. The standard InChI is InChI=1S/C11H21F3N2O/c1-9(2)7-10-8-15-3-4-16(10)5-6-17-11(12,13)14/h9-10,15H,3-8H2,1-2H3. The van der Waals surface area contributed by atoms with E-state index in [0.29, 0.717) is 18.5 Å². The molecule has 1 N–H and O–H groups in total. The van der Waals surface area contributed by atoms with Gasteiger partial charge in [0.2, 0.25) is 0 Å². The first-order chi connectivity index (χ1) is 7.88. The van der Waals surface area contributed by atoms with Crippen molar-refractivity contribution < 1.29 is 17.9 Å². The highest BCUT2D eigenvalue weighted by molar-refractivity contribution is 4.80. The minimum atomic E-state index is -4.51. The van der Waals surface area contributed by atoms with Crippen LogP contribution in [0.15, 0.2) is 0 Å². The van der Waals surface area contributed by atoms with Crippen molar-refractivity contribution in [1.82, 2.24) is 10.2 Å². The summed E-state index contributed by atoms with van der Waals surface area (Å²) < 4.78 is 39.4. The van der Waals surface area contributed by atoms with Crippen LogP contribution >= 0.6 is 0 Å². The van der Waals surface area contributed by atoms with Crippen molar-refractivity contribution in [2.24, 2.45) is 5.92 Å². The Kier molecular flexibility index (Phi) is 5.69. The molecule has 1 fully saturated rings. The van der Waals surface area contributed by atoms with Gasteiger partial charge in [-0.3, -0.25) is 9.64 Å². The van der Waals surface area contributed by atoms with Crippen LogP contribution in [0.25, 0.3) is 0 Å². The van der Waals surface area contributed by atoms with Crippen LogP contribution in [0.5, 0.6) is 0 Å². The number of halogens is 3. The van der Waals surface area contributed by atoms with Gasteiger partial charge in [0.15, 0.2) is 0 Å². The van der Waals surface area contributed by atoms with Crippen molar-refractivity contribution in [3.05, 3.63) is 0 Å². The fourth-order valence-electron chi connectivity index (χ4n) is 2.15. The molecule has 0 spiro atoms. The smallest absolute Gasteiger partial charge is 0.314 e. The van der Waals surface area contributed by atoms with Gasteiger partial charge >= 0.3 is 6.36 Å². The molecule has 0 aromatic heterocycles. The van der Waals surface area contributed by atoms with Crippen LogP contribution in [0.2, 0.25) is 0 Å². The van der Waals surface area contributed by atoms with Gasteiger partial charge in [-0.05, 0) is 12.3 Å². The fourth-order valence-corrected chi connectivity index (χ4v) is 2.15. The van der Waals surface area contributed by atoms with E-state index >= 15 is 0 Å². The molecule has 1 saturated heterocycles. The molecule has 0 radical (unpaired) electrons. The topological polar surface area (TPSA) is 24.5 Å². The summed E-state index contributed by atoms with van der Waals surface area (Å²) in [4.78, 5) is 2.09. The molecular weight excluding hydrogens is 233 g/mol. The van der Waals surface area contributed by atoms with Gasteiger partial charge < -0.3 is 5.32 Å². The molecule has 0 saturated carbocycles. The zero-order valence-electron chi connectivity index (χ0n) is 10.4. The van der Waals surface area contributed by atoms with Crippen molar-refractivity contribution in [3.8, 4) is 0 Å². The van der Waals surface area contributed by atoms with E-state index in [1.54, 1.807) is 0 Å². The Morgan fingerprint density at radius 2 is 2.12 bits per heavy atom. The van der Waals surface area contributed by atoms with Gasteiger partial charge in [0, 0.05) is 32.2 Å². The molecule has 1 unspecified atom stereocenters.